The van der Waals surface area contributed by atoms with Crippen molar-refractivity contribution >= 4 is 5.97 Å². The Balaban J connectivity index is 1.46. The maximum absolute atomic E-state index is 12.0. The zero-order valence-corrected chi connectivity index (χ0v) is 13.2. The van der Waals surface area contributed by atoms with Crippen LogP contribution in [-0.4, -0.2) is 24.3 Å². The predicted octanol–water partition coefficient (Wildman–Crippen LogP) is 4.24. The largest absolute Gasteiger partial charge is 0.465 e. The molecule has 1 aliphatic carbocycles. The van der Waals surface area contributed by atoms with E-state index >= 15 is 0 Å². The van der Waals surface area contributed by atoms with Crippen LogP contribution in [0.4, 0.5) is 0 Å². The molecule has 1 heterocycles. The lowest BCUT2D eigenvalue weighted by Gasteiger charge is -2.20. The number of hydrogen-bond acceptors (Lipinski definition) is 3. The summed E-state index contributed by atoms with van der Waals surface area (Å²) in [6.45, 7) is 4.99. The molecule has 2 aliphatic rings. The molecule has 0 radical (unpaired) electrons. The SMILES string of the molecule is CCCCCCCCCOC(=O)C1CCC2(C)OC2C1. The van der Waals surface area contributed by atoms with Gasteiger partial charge in [-0.3, -0.25) is 4.79 Å². The lowest BCUT2D eigenvalue weighted by molar-refractivity contribution is -0.149. The summed E-state index contributed by atoms with van der Waals surface area (Å²) in [5, 5.41) is 0. The second kappa shape index (κ2) is 7.44. The number of fused-ring (bicyclic) bond motifs is 1. The van der Waals surface area contributed by atoms with Crippen LogP contribution in [0.3, 0.4) is 0 Å². The molecule has 3 heteroatoms. The van der Waals surface area contributed by atoms with Gasteiger partial charge in [-0.1, -0.05) is 45.4 Å². The highest BCUT2D eigenvalue weighted by atomic mass is 16.6. The molecule has 0 spiro atoms. The molecular weight excluding hydrogens is 252 g/mol. The topological polar surface area (TPSA) is 38.8 Å². The van der Waals surface area contributed by atoms with Gasteiger partial charge in [0.1, 0.15) is 0 Å². The van der Waals surface area contributed by atoms with Gasteiger partial charge in [0.05, 0.1) is 24.2 Å². The van der Waals surface area contributed by atoms with Gasteiger partial charge in [-0.15, -0.1) is 0 Å². The highest BCUT2D eigenvalue weighted by molar-refractivity contribution is 5.72. The van der Waals surface area contributed by atoms with Crippen molar-refractivity contribution in [3.8, 4) is 0 Å². The summed E-state index contributed by atoms with van der Waals surface area (Å²) in [6, 6.07) is 0. The number of carbonyl (C=O) groups is 1. The van der Waals surface area contributed by atoms with E-state index < -0.39 is 0 Å². The molecule has 1 saturated carbocycles. The van der Waals surface area contributed by atoms with Gasteiger partial charge in [-0.25, -0.2) is 0 Å². The average molecular weight is 282 g/mol. The van der Waals surface area contributed by atoms with Crippen LogP contribution in [-0.2, 0) is 14.3 Å². The summed E-state index contributed by atoms with van der Waals surface area (Å²) in [6.07, 6.45) is 11.9. The Bertz CT molecular complexity index is 315. The number of hydrogen-bond donors (Lipinski definition) is 0. The van der Waals surface area contributed by atoms with Crippen molar-refractivity contribution in [3.63, 3.8) is 0 Å². The second-order valence-corrected chi connectivity index (χ2v) is 6.68. The standard InChI is InChI=1S/C17H30O3/c1-3-4-5-6-7-8-9-12-19-16(18)14-10-11-17(2)15(13-14)20-17/h14-15H,3-13H2,1-2H3. The molecule has 3 nitrogen and oxygen atoms in total. The van der Waals surface area contributed by atoms with E-state index in [1.807, 2.05) is 0 Å². The molecule has 116 valence electrons. The Hall–Kier alpha value is -0.570. The van der Waals surface area contributed by atoms with Crippen LogP contribution in [0.2, 0.25) is 0 Å². The number of esters is 1. The molecule has 1 saturated heterocycles. The van der Waals surface area contributed by atoms with Gasteiger partial charge in [0.15, 0.2) is 0 Å². The van der Waals surface area contributed by atoms with Gasteiger partial charge in [0, 0.05) is 0 Å². The number of unbranched alkanes of at least 4 members (excludes halogenated alkanes) is 6. The van der Waals surface area contributed by atoms with Gasteiger partial charge in [-0.05, 0) is 32.6 Å². The number of rotatable bonds is 9. The van der Waals surface area contributed by atoms with Crippen molar-refractivity contribution in [1.29, 1.82) is 0 Å². The monoisotopic (exact) mass is 282 g/mol. The van der Waals surface area contributed by atoms with Crippen LogP contribution in [0.1, 0.15) is 78.1 Å². The predicted molar refractivity (Wildman–Crippen MR) is 79.6 cm³/mol. The molecule has 3 unspecified atom stereocenters. The van der Waals surface area contributed by atoms with Crippen molar-refractivity contribution in [3.05, 3.63) is 0 Å². The number of ether oxygens (including phenoxy) is 2. The van der Waals surface area contributed by atoms with Gasteiger partial charge in [0.25, 0.3) is 0 Å². The first-order valence-electron chi connectivity index (χ1n) is 8.50. The van der Waals surface area contributed by atoms with E-state index in [1.54, 1.807) is 0 Å². The Kier molecular flexibility index (Phi) is 5.88. The normalized spacial score (nSPS) is 31.7. The lowest BCUT2D eigenvalue weighted by Crippen LogP contribution is -2.28. The van der Waals surface area contributed by atoms with E-state index in [0.717, 1.165) is 25.7 Å². The Labute approximate surface area is 123 Å². The van der Waals surface area contributed by atoms with Crippen molar-refractivity contribution in [2.75, 3.05) is 6.61 Å². The van der Waals surface area contributed by atoms with Crippen LogP contribution in [0.15, 0.2) is 0 Å². The van der Waals surface area contributed by atoms with Gasteiger partial charge in [0.2, 0.25) is 0 Å². The van der Waals surface area contributed by atoms with Gasteiger partial charge >= 0.3 is 5.97 Å². The van der Waals surface area contributed by atoms with E-state index in [9.17, 15) is 4.79 Å². The average Bonchev–Trinajstić information content (AvgIpc) is 3.12. The van der Waals surface area contributed by atoms with Crippen molar-refractivity contribution in [1.82, 2.24) is 0 Å². The number of epoxide rings is 1. The van der Waals surface area contributed by atoms with E-state index in [0.29, 0.717) is 12.7 Å². The fourth-order valence-corrected chi connectivity index (χ4v) is 3.21. The van der Waals surface area contributed by atoms with Crippen molar-refractivity contribution < 1.29 is 14.3 Å². The van der Waals surface area contributed by atoms with E-state index in [-0.39, 0.29) is 17.5 Å². The molecule has 3 atom stereocenters. The van der Waals surface area contributed by atoms with Gasteiger partial charge < -0.3 is 9.47 Å². The molecule has 20 heavy (non-hydrogen) atoms. The van der Waals surface area contributed by atoms with E-state index in [2.05, 4.69) is 13.8 Å². The highest BCUT2D eigenvalue weighted by Gasteiger charge is 2.56. The van der Waals surface area contributed by atoms with Crippen molar-refractivity contribution in [2.45, 2.75) is 89.8 Å². The van der Waals surface area contributed by atoms with Crippen LogP contribution in [0.25, 0.3) is 0 Å². The number of carbonyl (C=O) groups excluding carboxylic acids is 1. The first kappa shape index (κ1) is 15.8. The third-order valence-corrected chi connectivity index (χ3v) is 4.85. The minimum absolute atomic E-state index is 0.00790. The second-order valence-electron chi connectivity index (χ2n) is 6.68. The third-order valence-electron chi connectivity index (χ3n) is 4.85. The summed E-state index contributed by atoms with van der Waals surface area (Å²) in [7, 11) is 0. The fraction of sp³-hybridized carbons (Fsp3) is 0.941. The zero-order valence-electron chi connectivity index (χ0n) is 13.2. The maximum Gasteiger partial charge on any atom is 0.309 e. The summed E-state index contributed by atoms with van der Waals surface area (Å²) >= 11 is 0. The summed E-state index contributed by atoms with van der Waals surface area (Å²) in [5.74, 6) is 0.0914. The summed E-state index contributed by atoms with van der Waals surface area (Å²) in [5.41, 5.74) is 0.0925. The minimum atomic E-state index is 0.00790. The molecule has 0 aromatic rings. The highest BCUT2D eigenvalue weighted by Crippen LogP contribution is 2.49. The maximum atomic E-state index is 12.0. The molecule has 1 aliphatic heterocycles. The molecule has 0 aromatic carbocycles. The van der Waals surface area contributed by atoms with Crippen molar-refractivity contribution in [2.24, 2.45) is 5.92 Å². The molecule has 2 fully saturated rings. The first-order chi connectivity index (χ1) is 9.65. The Morgan fingerprint density at radius 1 is 1.20 bits per heavy atom. The molecule has 2 rings (SSSR count). The van der Waals surface area contributed by atoms with Crippen LogP contribution in [0.5, 0.6) is 0 Å². The van der Waals surface area contributed by atoms with E-state index in [4.69, 9.17) is 9.47 Å². The third kappa shape index (κ3) is 4.47. The van der Waals surface area contributed by atoms with Crippen LogP contribution >= 0.6 is 0 Å². The van der Waals surface area contributed by atoms with Crippen LogP contribution in [0, 0.1) is 5.92 Å². The fourth-order valence-electron chi connectivity index (χ4n) is 3.21. The van der Waals surface area contributed by atoms with Gasteiger partial charge in [-0.2, -0.15) is 0 Å². The molecular formula is C17H30O3. The lowest BCUT2D eigenvalue weighted by atomic mass is 9.83. The Morgan fingerprint density at radius 2 is 1.90 bits per heavy atom. The molecule has 0 N–H and O–H groups in total. The quantitative estimate of drug-likeness (QED) is 0.361. The Morgan fingerprint density at radius 3 is 2.60 bits per heavy atom. The smallest absolute Gasteiger partial charge is 0.309 e. The summed E-state index contributed by atoms with van der Waals surface area (Å²) < 4.78 is 11.0. The summed E-state index contributed by atoms with van der Waals surface area (Å²) in [4.78, 5) is 12.0. The van der Waals surface area contributed by atoms with Crippen LogP contribution < -0.4 is 0 Å². The first-order valence-corrected chi connectivity index (χ1v) is 8.50. The zero-order chi connectivity index (χ0) is 14.4. The molecule has 0 amide bonds. The minimum Gasteiger partial charge on any atom is -0.465 e. The van der Waals surface area contributed by atoms with E-state index in [1.165, 1.54) is 38.5 Å². The molecule has 0 aromatic heterocycles. The molecule has 0 bridgehead atoms.